The Morgan fingerprint density at radius 2 is 1.80 bits per heavy atom. The second kappa shape index (κ2) is 8.77. The second-order valence-corrected chi connectivity index (χ2v) is 7.29. The van der Waals surface area contributed by atoms with E-state index in [4.69, 9.17) is 5.73 Å². The summed E-state index contributed by atoms with van der Waals surface area (Å²) in [6, 6.07) is 15.8. The van der Waals surface area contributed by atoms with Gasteiger partial charge in [-0.05, 0) is 30.5 Å². The van der Waals surface area contributed by atoms with Gasteiger partial charge in [-0.3, -0.25) is 4.79 Å². The van der Waals surface area contributed by atoms with Crippen molar-refractivity contribution in [3.63, 3.8) is 0 Å². The lowest BCUT2D eigenvalue weighted by molar-refractivity contribution is -0.142. The predicted molar refractivity (Wildman–Crippen MR) is 116 cm³/mol. The Hall–Kier alpha value is -3.68. The van der Waals surface area contributed by atoms with Crippen molar-refractivity contribution in [2.75, 3.05) is 28.6 Å². The Balaban J connectivity index is 1.66. The molecule has 2 aromatic heterocycles. The molecular weight excluding hydrogens is 380 g/mol. The summed E-state index contributed by atoms with van der Waals surface area (Å²) in [5.74, 6) is 0.907. The molecule has 3 aromatic rings. The molecule has 0 spiro atoms. The maximum atomic E-state index is 11.3. The lowest BCUT2D eigenvalue weighted by Crippen LogP contribution is -2.37. The third-order valence-corrected chi connectivity index (χ3v) is 5.35. The topological polar surface area (TPSA) is 108 Å². The zero-order valence-corrected chi connectivity index (χ0v) is 16.6. The molecule has 0 unspecified atom stereocenters. The number of nitrogen functional groups attached to an aromatic ring is 1. The lowest BCUT2D eigenvalue weighted by atomic mass is 9.97. The number of anilines is 4. The number of carboxylic acids is 1. The van der Waals surface area contributed by atoms with Gasteiger partial charge in [0.1, 0.15) is 17.8 Å². The van der Waals surface area contributed by atoms with Gasteiger partial charge < -0.3 is 20.6 Å². The molecule has 3 heterocycles. The van der Waals surface area contributed by atoms with Crippen LogP contribution >= 0.6 is 0 Å². The van der Waals surface area contributed by atoms with E-state index in [1.165, 1.54) is 6.33 Å². The number of aromatic nitrogens is 3. The van der Waals surface area contributed by atoms with Crippen molar-refractivity contribution in [1.82, 2.24) is 15.0 Å². The fourth-order valence-electron chi connectivity index (χ4n) is 3.73. The van der Waals surface area contributed by atoms with Crippen molar-refractivity contribution in [2.24, 2.45) is 5.92 Å². The van der Waals surface area contributed by atoms with E-state index in [-0.39, 0.29) is 5.92 Å². The van der Waals surface area contributed by atoms with Crippen LogP contribution < -0.4 is 15.5 Å². The van der Waals surface area contributed by atoms with Crippen molar-refractivity contribution in [3.8, 4) is 0 Å². The van der Waals surface area contributed by atoms with E-state index in [1.54, 1.807) is 6.20 Å². The van der Waals surface area contributed by atoms with Crippen LogP contribution in [0, 0.1) is 5.92 Å². The fourth-order valence-corrected chi connectivity index (χ4v) is 3.73. The molecule has 154 valence electrons. The van der Waals surface area contributed by atoms with E-state index in [0.717, 1.165) is 11.4 Å². The standard InChI is InChI=1S/C22H24N6O2/c23-19-20(27-12-9-17(10-13-27)22(29)30)25-15-26-21(19)28(18-8-4-5-11-24-18)14-16-6-2-1-3-7-16/h1-8,11,15,17H,9-10,12-14,23H2,(H,29,30). The first kappa shape index (κ1) is 19.6. The molecule has 0 saturated carbocycles. The number of aliphatic carboxylic acids is 1. The predicted octanol–water partition coefficient (Wildman–Crippen LogP) is 3.09. The maximum Gasteiger partial charge on any atom is 0.306 e. The highest BCUT2D eigenvalue weighted by Gasteiger charge is 2.27. The van der Waals surface area contributed by atoms with Gasteiger partial charge in [-0.2, -0.15) is 0 Å². The van der Waals surface area contributed by atoms with Crippen LogP contribution in [0.3, 0.4) is 0 Å². The van der Waals surface area contributed by atoms with Gasteiger partial charge in [-0.25, -0.2) is 15.0 Å². The van der Waals surface area contributed by atoms with E-state index >= 15 is 0 Å². The quantitative estimate of drug-likeness (QED) is 0.645. The molecule has 0 aliphatic carbocycles. The summed E-state index contributed by atoms with van der Waals surface area (Å²) >= 11 is 0. The Morgan fingerprint density at radius 1 is 1.07 bits per heavy atom. The molecule has 0 bridgehead atoms. The van der Waals surface area contributed by atoms with Crippen molar-refractivity contribution in [1.29, 1.82) is 0 Å². The number of carbonyl (C=O) groups is 1. The largest absolute Gasteiger partial charge is 0.481 e. The number of nitrogens with two attached hydrogens (primary N) is 1. The van der Waals surface area contributed by atoms with Crippen LogP contribution in [-0.2, 0) is 11.3 Å². The van der Waals surface area contributed by atoms with Crippen LogP contribution in [0.4, 0.5) is 23.1 Å². The molecule has 30 heavy (non-hydrogen) atoms. The van der Waals surface area contributed by atoms with E-state index in [1.807, 2.05) is 58.3 Å². The molecule has 3 N–H and O–H groups in total. The minimum atomic E-state index is -0.741. The zero-order chi connectivity index (χ0) is 20.9. The summed E-state index contributed by atoms with van der Waals surface area (Å²) in [5, 5.41) is 9.25. The summed E-state index contributed by atoms with van der Waals surface area (Å²) in [6.45, 7) is 1.75. The number of carboxylic acid groups (broad SMARTS) is 1. The average Bonchev–Trinajstić information content (AvgIpc) is 2.79. The monoisotopic (exact) mass is 404 g/mol. The first-order chi connectivity index (χ1) is 14.6. The van der Waals surface area contributed by atoms with Gasteiger partial charge in [0.15, 0.2) is 11.6 Å². The zero-order valence-electron chi connectivity index (χ0n) is 16.6. The number of piperidine rings is 1. The lowest BCUT2D eigenvalue weighted by Gasteiger charge is -2.33. The first-order valence-corrected chi connectivity index (χ1v) is 9.94. The summed E-state index contributed by atoms with van der Waals surface area (Å²) in [4.78, 5) is 28.7. The Morgan fingerprint density at radius 3 is 2.47 bits per heavy atom. The Kier molecular flexibility index (Phi) is 5.74. The highest BCUT2D eigenvalue weighted by Crippen LogP contribution is 2.35. The molecule has 4 rings (SSSR count). The van der Waals surface area contributed by atoms with Crippen LogP contribution in [0.25, 0.3) is 0 Å². The molecule has 8 heteroatoms. The van der Waals surface area contributed by atoms with E-state index in [2.05, 4.69) is 15.0 Å². The third-order valence-electron chi connectivity index (χ3n) is 5.35. The molecule has 8 nitrogen and oxygen atoms in total. The van der Waals surface area contributed by atoms with Crippen molar-refractivity contribution >= 4 is 29.1 Å². The van der Waals surface area contributed by atoms with Crippen molar-refractivity contribution in [3.05, 3.63) is 66.6 Å². The number of hydrogen-bond acceptors (Lipinski definition) is 7. The second-order valence-electron chi connectivity index (χ2n) is 7.29. The molecule has 1 saturated heterocycles. The van der Waals surface area contributed by atoms with Gasteiger partial charge in [-0.15, -0.1) is 0 Å². The number of nitrogens with zero attached hydrogens (tertiary/aromatic N) is 5. The minimum absolute atomic E-state index is 0.313. The van der Waals surface area contributed by atoms with Crippen LogP contribution in [0.2, 0.25) is 0 Å². The van der Waals surface area contributed by atoms with Gasteiger partial charge in [0.2, 0.25) is 0 Å². The van der Waals surface area contributed by atoms with Gasteiger partial charge in [-0.1, -0.05) is 36.4 Å². The molecule has 1 fully saturated rings. The third kappa shape index (κ3) is 4.17. The number of pyridine rings is 1. The number of rotatable bonds is 6. The van der Waals surface area contributed by atoms with Crippen LogP contribution in [0.1, 0.15) is 18.4 Å². The molecule has 0 amide bonds. The number of hydrogen-bond donors (Lipinski definition) is 2. The maximum absolute atomic E-state index is 11.3. The highest BCUT2D eigenvalue weighted by molar-refractivity contribution is 5.79. The normalized spacial score (nSPS) is 14.5. The summed E-state index contributed by atoms with van der Waals surface area (Å²) < 4.78 is 0. The Bertz CT molecular complexity index is 991. The number of benzene rings is 1. The van der Waals surface area contributed by atoms with Crippen molar-refractivity contribution in [2.45, 2.75) is 19.4 Å². The molecule has 0 radical (unpaired) electrons. The van der Waals surface area contributed by atoms with Gasteiger partial charge in [0.05, 0.1) is 12.5 Å². The smallest absolute Gasteiger partial charge is 0.306 e. The summed E-state index contributed by atoms with van der Waals surface area (Å²) in [6.07, 6.45) is 4.39. The van der Waals surface area contributed by atoms with Gasteiger partial charge >= 0.3 is 5.97 Å². The van der Waals surface area contributed by atoms with Crippen LogP contribution in [0.5, 0.6) is 0 Å². The molecule has 0 atom stereocenters. The van der Waals surface area contributed by atoms with E-state index in [9.17, 15) is 9.90 Å². The fraction of sp³-hybridized carbons (Fsp3) is 0.273. The highest BCUT2D eigenvalue weighted by atomic mass is 16.4. The van der Waals surface area contributed by atoms with Gasteiger partial charge in [0, 0.05) is 19.3 Å². The molecular formula is C22H24N6O2. The van der Waals surface area contributed by atoms with Gasteiger partial charge in [0.25, 0.3) is 0 Å². The van der Waals surface area contributed by atoms with Crippen LogP contribution in [-0.4, -0.2) is 39.1 Å². The van der Waals surface area contributed by atoms with E-state index < -0.39 is 5.97 Å². The average molecular weight is 404 g/mol. The van der Waals surface area contributed by atoms with E-state index in [0.29, 0.717) is 49.8 Å². The summed E-state index contributed by atoms with van der Waals surface area (Å²) in [5.41, 5.74) is 8.12. The first-order valence-electron chi connectivity index (χ1n) is 9.94. The van der Waals surface area contributed by atoms with Crippen molar-refractivity contribution < 1.29 is 9.90 Å². The summed E-state index contributed by atoms with van der Waals surface area (Å²) in [7, 11) is 0. The SMILES string of the molecule is Nc1c(N2CCC(C(=O)O)CC2)ncnc1N(Cc1ccccc1)c1ccccn1. The minimum Gasteiger partial charge on any atom is -0.481 e. The van der Waals surface area contributed by atoms with Crippen LogP contribution in [0.15, 0.2) is 61.1 Å². The molecule has 1 aliphatic heterocycles. The molecule has 1 aromatic carbocycles. The molecule has 1 aliphatic rings. The Labute approximate surface area is 175 Å².